The van der Waals surface area contributed by atoms with Gasteiger partial charge in [0.25, 0.3) is 0 Å². The van der Waals surface area contributed by atoms with E-state index in [2.05, 4.69) is 19.2 Å². The molecule has 0 saturated heterocycles. The lowest BCUT2D eigenvalue weighted by Gasteiger charge is -2.29. The summed E-state index contributed by atoms with van der Waals surface area (Å²) in [5.41, 5.74) is 0.698. The first-order valence-corrected chi connectivity index (χ1v) is 7.38. The highest BCUT2D eigenvalue weighted by Gasteiger charge is 2.25. The second-order valence-corrected chi connectivity index (χ2v) is 5.92. The molecule has 3 nitrogen and oxygen atoms in total. The van der Waals surface area contributed by atoms with Gasteiger partial charge >= 0.3 is 0 Å². The van der Waals surface area contributed by atoms with Crippen LogP contribution in [-0.2, 0) is 0 Å². The molecule has 19 heavy (non-hydrogen) atoms. The highest BCUT2D eigenvalue weighted by molar-refractivity contribution is 8.14. The summed E-state index contributed by atoms with van der Waals surface area (Å²) in [6, 6.07) is 4.84. The lowest BCUT2D eigenvalue weighted by Crippen LogP contribution is -2.29. The Labute approximate surface area is 117 Å². The molecule has 0 spiro atoms. The zero-order valence-electron chi connectivity index (χ0n) is 11.5. The number of nitrogens with zero attached hydrogens (tertiary/aromatic N) is 1. The normalized spacial score (nSPS) is 22.8. The van der Waals surface area contributed by atoms with Crippen LogP contribution < -0.4 is 10.1 Å². The minimum absolute atomic E-state index is 0.00139. The number of hydrogen-bond donors (Lipinski definition) is 1. The third-order valence-corrected chi connectivity index (χ3v) is 4.29. The van der Waals surface area contributed by atoms with Gasteiger partial charge in [-0.25, -0.2) is 4.39 Å². The van der Waals surface area contributed by atoms with Gasteiger partial charge in [-0.15, -0.1) is 0 Å². The van der Waals surface area contributed by atoms with Gasteiger partial charge in [-0.1, -0.05) is 18.7 Å². The van der Waals surface area contributed by atoms with Gasteiger partial charge in [0.05, 0.1) is 12.6 Å². The zero-order chi connectivity index (χ0) is 13.9. The molecule has 0 amide bonds. The number of rotatable bonds is 3. The van der Waals surface area contributed by atoms with Gasteiger partial charge in [0.15, 0.2) is 16.7 Å². The number of thioether (sulfide) groups is 1. The fourth-order valence-corrected chi connectivity index (χ4v) is 3.10. The molecule has 1 N–H and O–H groups in total. The van der Waals surface area contributed by atoms with E-state index in [9.17, 15) is 4.39 Å². The van der Waals surface area contributed by atoms with Crippen molar-refractivity contribution in [2.45, 2.75) is 32.2 Å². The van der Waals surface area contributed by atoms with Crippen LogP contribution in [0.1, 0.15) is 26.7 Å². The number of anilines is 1. The molecule has 0 aliphatic carbocycles. The Kier molecular flexibility index (Phi) is 4.34. The third-order valence-electron chi connectivity index (χ3n) is 3.42. The van der Waals surface area contributed by atoms with E-state index in [4.69, 9.17) is 9.73 Å². The van der Waals surface area contributed by atoms with Gasteiger partial charge < -0.3 is 10.1 Å². The molecule has 1 unspecified atom stereocenters. The van der Waals surface area contributed by atoms with Crippen LogP contribution in [0.25, 0.3) is 0 Å². The summed E-state index contributed by atoms with van der Waals surface area (Å²) in [5, 5.41) is 4.04. The summed E-state index contributed by atoms with van der Waals surface area (Å²) in [4.78, 5) is 4.71. The molecule has 104 valence electrons. The minimum Gasteiger partial charge on any atom is -0.494 e. The average Bonchev–Trinajstić information content (AvgIpc) is 2.39. The van der Waals surface area contributed by atoms with Crippen molar-refractivity contribution in [1.82, 2.24) is 0 Å². The van der Waals surface area contributed by atoms with Crippen LogP contribution >= 0.6 is 11.8 Å². The van der Waals surface area contributed by atoms with Gasteiger partial charge in [0.1, 0.15) is 0 Å². The molecule has 0 aromatic heterocycles. The quantitative estimate of drug-likeness (QED) is 0.912. The molecule has 2 rings (SSSR count). The van der Waals surface area contributed by atoms with Crippen LogP contribution in [0.2, 0.25) is 0 Å². The van der Waals surface area contributed by atoms with Crippen molar-refractivity contribution < 1.29 is 9.13 Å². The molecule has 1 aliphatic rings. The smallest absolute Gasteiger partial charge is 0.167 e. The van der Waals surface area contributed by atoms with Crippen LogP contribution in [0, 0.1) is 5.82 Å². The number of amidine groups is 1. The fraction of sp³-hybridized carbons (Fsp3) is 0.500. The number of hydrogen-bond acceptors (Lipinski definition) is 4. The number of benzene rings is 1. The van der Waals surface area contributed by atoms with Crippen LogP contribution in [0.5, 0.6) is 5.75 Å². The van der Waals surface area contributed by atoms with Crippen molar-refractivity contribution in [3.05, 3.63) is 24.0 Å². The first-order chi connectivity index (χ1) is 9.06. The van der Waals surface area contributed by atoms with Crippen molar-refractivity contribution in [3.8, 4) is 5.75 Å². The fourth-order valence-electron chi connectivity index (χ4n) is 1.89. The van der Waals surface area contributed by atoms with E-state index in [1.807, 2.05) is 0 Å². The molecule has 1 heterocycles. The molecule has 0 fully saturated rings. The van der Waals surface area contributed by atoms with E-state index in [0.717, 1.165) is 23.8 Å². The maximum Gasteiger partial charge on any atom is 0.167 e. The number of aliphatic imine (C=N–C) groups is 1. The topological polar surface area (TPSA) is 33.6 Å². The molecule has 1 atom stereocenters. The summed E-state index contributed by atoms with van der Waals surface area (Å²) in [6.45, 7) is 4.30. The van der Waals surface area contributed by atoms with Crippen molar-refractivity contribution in [2.75, 3.05) is 18.2 Å². The molecular formula is C14H19FN2OS. The second-order valence-electron chi connectivity index (χ2n) is 4.84. The lowest BCUT2D eigenvalue weighted by molar-refractivity contribution is 0.386. The predicted octanol–water partition coefficient (Wildman–Crippen LogP) is 3.91. The Bertz CT molecular complexity index is 492. The Morgan fingerprint density at radius 1 is 1.53 bits per heavy atom. The lowest BCUT2D eigenvalue weighted by atomic mass is 9.97. The molecule has 5 heteroatoms. The van der Waals surface area contributed by atoms with Gasteiger partial charge in [0.2, 0.25) is 0 Å². The van der Waals surface area contributed by atoms with Crippen LogP contribution in [0.4, 0.5) is 10.1 Å². The maximum absolute atomic E-state index is 13.6. The van der Waals surface area contributed by atoms with Crippen molar-refractivity contribution in [2.24, 2.45) is 4.99 Å². The summed E-state index contributed by atoms with van der Waals surface area (Å²) in [5.74, 6) is 0.920. The minimum atomic E-state index is -0.368. The number of nitrogens with one attached hydrogen (secondary N) is 1. The van der Waals surface area contributed by atoms with E-state index in [1.54, 1.807) is 23.9 Å². The summed E-state index contributed by atoms with van der Waals surface area (Å²) in [7, 11) is 1.46. The van der Waals surface area contributed by atoms with Crippen LogP contribution in [-0.4, -0.2) is 23.6 Å². The first-order valence-electron chi connectivity index (χ1n) is 6.39. The first kappa shape index (κ1) is 14.2. The molecule has 1 aromatic carbocycles. The third kappa shape index (κ3) is 3.41. The summed E-state index contributed by atoms with van der Waals surface area (Å²) < 4.78 is 18.5. The molecule has 1 aromatic rings. The van der Waals surface area contributed by atoms with E-state index in [0.29, 0.717) is 5.69 Å². The number of halogens is 1. The Morgan fingerprint density at radius 2 is 2.32 bits per heavy atom. The van der Waals surface area contributed by atoms with Crippen molar-refractivity contribution in [1.29, 1.82) is 0 Å². The molecule has 0 radical (unpaired) electrons. The van der Waals surface area contributed by atoms with Crippen LogP contribution in [0.3, 0.4) is 0 Å². The van der Waals surface area contributed by atoms with E-state index >= 15 is 0 Å². The van der Waals surface area contributed by atoms with Gasteiger partial charge in [-0.2, -0.15) is 0 Å². The standard InChI is InChI=1S/C14H19FN2OS/c1-4-14(2)7-8-19-13(17-14)16-10-5-6-12(18-3)11(15)9-10/h5-6,9H,4,7-8H2,1-3H3,(H,16,17). The van der Waals surface area contributed by atoms with Crippen molar-refractivity contribution >= 4 is 22.6 Å². The monoisotopic (exact) mass is 282 g/mol. The van der Waals surface area contributed by atoms with Gasteiger partial charge in [0, 0.05) is 17.5 Å². The van der Waals surface area contributed by atoms with E-state index < -0.39 is 0 Å². The SMILES string of the molecule is CCC1(C)CCSC(Nc2ccc(OC)c(F)c2)=N1. The van der Waals surface area contributed by atoms with Crippen LogP contribution in [0.15, 0.2) is 23.2 Å². The largest absolute Gasteiger partial charge is 0.494 e. The van der Waals surface area contributed by atoms with Gasteiger partial charge in [-0.3, -0.25) is 4.99 Å². The predicted molar refractivity (Wildman–Crippen MR) is 79.8 cm³/mol. The Hall–Kier alpha value is -1.23. The number of methoxy groups -OCH3 is 1. The second kappa shape index (κ2) is 5.82. The van der Waals surface area contributed by atoms with E-state index in [-0.39, 0.29) is 17.1 Å². The Morgan fingerprint density at radius 3 is 2.95 bits per heavy atom. The maximum atomic E-state index is 13.6. The molecule has 0 bridgehead atoms. The summed E-state index contributed by atoms with van der Waals surface area (Å²) >= 11 is 1.68. The molecule has 1 aliphatic heterocycles. The van der Waals surface area contributed by atoms with Gasteiger partial charge in [-0.05, 0) is 31.9 Å². The molecular weight excluding hydrogens is 263 g/mol. The average molecular weight is 282 g/mol. The Balaban J connectivity index is 2.15. The highest BCUT2D eigenvalue weighted by atomic mass is 32.2. The zero-order valence-corrected chi connectivity index (χ0v) is 12.3. The molecule has 0 saturated carbocycles. The van der Waals surface area contributed by atoms with Crippen molar-refractivity contribution in [3.63, 3.8) is 0 Å². The number of ether oxygens (including phenoxy) is 1. The summed E-state index contributed by atoms with van der Waals surface area (Å²) in [6.07, 6.45) is 2.09. The van der Waals surface area contributed by atoms with E-state index in [1.165, 1.54) is 13.2 Å². The highest BCUT2D eigenvalue weighted by Crippen LogP contribution is 2.30.